The van der Waals surface area contributed by atoms with E-state index < -0.39 is 0 Å². The van der Waals surface area contributed by atoms with Crippen molar-refractivity contribution in [2.45, 2.75) is 39.5 Å². The third kappa shape index (κ3) is 8.64. The standard InChI is InChI=1S/C13H19.C5H5.Fe/c1-3-5-8-12(4-2)11-13-9-6-7-10-13;1-2-4-5-3-1;/h6-7,9-11H,3-5,8H2,1-2H3;1-5H;/q-1;-5;. The van der Waals surface area contributed by atoms with Crippen LogP contribution in [-0.2, 0) is 17.1 Å². The fourth-order valence-electron chi connectivity index (χ4n) is 1.80. The van der Waals surface area contributed by atoms with E-state index in [4.69, 9.17) is 0 Å². The summed E-state index contributed by atoms with van der Waals surface area (Å²) in [6, 6.07) is 18.5. The Balaban J connectivity index is 0.000000454. The Bertz CT molecular complexity index is 376. The van der Waals surface area contributed by atoms with Crippen molar-refractivity contribution in [3.63, 3.8) is 0 Å². The third-order valence-electron chi connectivity index (χ3n) is 2.92. The summed E-state index contributed by atoms with van der Waals surface area (Å²) in [5.74, 6) is 0. The van der Waals surface area contributed by atoms with Gasteiger partial charge in [-0.2, -0.15) is 12.1 Å². The normalized spacial score (nSPS) is 10.3. The van der Waals surface area contributed by atoms with Crippen LogP contribution >= 0.6 is 0 Å². The van der Waals surface area contributed by atoms with Crippen LogP contribution in [0.1, 0.15) is 45.1 Å². The molecule has 0 aliphatic rings. The van der Waals surface area contributed by atoms with Crippen LogP contribution in [0, 0.1) is 0 Å². The van der Waals surface area contributed by atoms with Crippen LogP contribution in [0.15, 0.2) is 60.2 Å². The molecule has 0 spiro atoms. The molecule has 2 aromatic carbocycles. The average Bonchev–Trinajstić information content (AvgIpc) is 3.09. The van der Waals surface area contributed by atoms with Crippen molar-refractivity contribution in [1.29, 1.82) is 0 Å². The number of unbranched alkanes of at least 4 members (excludes halogenated alkanes) is 1. The molecule has 2 aromatic rings. The summed E-state index contributed by atoms with van der Waals surface area (Å²) in [5.41, 5.74) is 2.93. The van der Waals surface area contributed by atoms with E-state index in [2.05, 4.69) is 44.2 Å². The minimum atomic E-state index is 0. The van der Waals surface area contributed by atoms with Crippen LogP contribution in [0.3, 0.4) is 0 Å². The van der Waals surface area contributed by atoms with Crippen molar-refractivity contribution in [3.8, 4) is 0 Å². The first-order chi connectivity index (χ1) is 8.86. The Morgan fingerprint density at radius 2 is 1.53 bits per heavy atom. The van der Waals surface area contributed by atoms with E-state index in [0.29, 0.717) is 0 Å². The monoisotopic (exact) mass is 296 g/mol. The van der Waals surface area contributed by atoms with Gasteiger partial charge in [0.25, 0.3) is 0 Å². The second kappa shape index (κ2) is 12.0. The number of allylic oxidation sites excluding steroid dienone is 1. The molecule has 0 N–H and O–H groups in total. The molecule has 0 nitrogen and oxygen atoms in total. The molecule has 0 aliphatic heterocycles. The molecule has 0 heterocycles. The van der Waals surface area contributed by atoms with Crippen LogP contribution in [0.2, 0.25) is 0 Å². The van der Waals surface area contributed by atoms with E-state index in [-0.39, 0.29) is 17.1 Å². The van der Waals surface area contributed by atoms with Gasteiger partial charge in [0.1, 0.15) is 0 Å². The summed E-state index contributed by atoms with van der Waals surface area (Å²) in [7, 11) is 0. The fourth-order valence-corrected chi connectivity index (χ4v) is 1.80. The summed E-state index contributed by atoms with van der Waals surface area (Å²) < 4.78 is 0. The molecule has 0 amide bonds. The van der Waals surface area contributed by atoms with Crippen molar-refractivity contribution < 1.29 is 17.1 Å². The maximum absolute atomic E-state index is 2.33. The van der Waals surface area contributed by atoms with E-state index in [0.717, 1.165) is 0 Å². The minimum absolute atomic E-state index is 0. The van der Waals surface area contributed by atoms with Crippen LogP contribution in [0.4, 0.5) is 0 Å². The van der Waals surface area contributed by atoms with Crippen LogP contribution in [0.5, 0.6) is 0 Å². The van der Waals surface area contributed by atoms with Crippen LogP contribution in [0.25, 0.3) is 6.08 Å². The molecule has 0 unspecified atom stereocenters. The predicted molar refractivity (Wildman–Crippen MR) is 81.9 cm³/mol. The number of hydrogen-bond donors (Lipinski definition) is 0. The molecular weight excluding hydrogens is 272 g/mol. The average molecular weight is 296 g/mol. The summed E-state index contributed by atoms with van der Waals surface area (Å²) in [4.78, 5) is 0. The second-order valence-electron chi connectivity index (χ2n) is 4.44. The van der Waals surface area contributed by atoms with Gasteiger partial charge >= 0.3 is 0 Å². The van der Waals surface area contributed by atoms with Crippen molar-refractivity contribution in [2.75, 3.05) is 0 Å². The Hall–Kier alpha value is -1.04. The molecule has 0 saturated carbocycles. The zero-order chi connectivity index (χ0) is 13.1. The van der Waals surface area contributed by atoms with Gasteiger partial charge in [0.05, 0.1) is 0 Å². The smallest absolute Gasteiger partial charge is 0 e. The van der Waals surface area contributed by atoms with E-state index in [1.54, 1.807) is 5.57 Å². The molecule has 0 aromatic heterocycles. The van der Waals surface area contributed by atoms with Gasteiger partial charge in [0, 0.05) is 17.1 Å². The van der Waals surface area contributed by atoms with Gasteiger partial charge in [-0.05, 0) is 0 Å². The molecule has 0 atom stereocenters. The van der Waals surface area contributed by atoms with Gasteiger partial charge in [0.15, 0.2) is 0 Å². The molecule has 0 radical (unpaired) electrons. The summed E-state index contributed by atoms with van der Waals surface area (Å²) >= 11 is 0. The fraction of sp³-hybridized carbons (Fsp3) is 0.333. The molecule has 0 saturated heterocycles. The van der Waals surface area contributed by atoms with Gasteiger partial charge in [-0.3, -0.25) is 0 Å². The van der Waals surface area contributed by atoms with Gasteiger partial charge in [-0.15, -0.1) is 29.3 Å². The molecule has 19 heavy (non-hydrogen) atoms. The molecular formula is C18H24Fe-6. The van der Waals surface area contributed by atoms with E-state index in [9.17, 15) is 0 Å². The second-order valence-corrected chi connectivity index (χ2v) is 4.44. The topological polar surface area (TPSA) is 0 Å². The summed E-state index contributed by atoms with van der Waals surface area (Å²) in [5, 5.41) is 0. The summed E-state index contributed by atoms with van der Waals surface area (Å²) in [6.07, 6.45) is 7.39. The maximum atomic E-state index is 2.33. The van der Waals surface area contributed by atoms with Gasteiger partial charge in [-0.1, -0.05) is 39.5 Å². The predicted octanol–water partition coefficient (Wildman–Crippen LogP) is 5.79. The Kier molecular flexibility index (Phi) is 11.4. The van der Waals surface area contributed by atoms with Gasteiger partial charge < -0.3 is 30.3 Å². The van der Waals surface area contributed by atoms with Crippen LogP contribution in [-0.4, -0.2) is 0 Å². The molecule has 1 heteroatoms. The van der Waals surface area contributed by atoms with Crippen molar-refractivity contribution in [1.82, 2.24) is 0 Å². The Labute approximate surface area is 128 Å². The molecule has 0 aliphatic carbocycles. The van der Waals surface area contributed by atoms with Gasteiger partial charge in [0.2, 0.25) is 0 Å². The van der Waals surface area contributed by atoms with E-state index >= 15 is 0 Å². The van der Waals surface area contributed by atoms with E-state index in [1.165, 1.54) is 31.2 Å². The first-order valence-electron chi connectivity index (χ1n) is 6.94. The SMILES string of the molecule is CCCCC(=C[c-]1cccc1)CC.[Fe].[cH-]1[cH-][cH-][cH-][cH-]1. The van der Waals surface area contributed by atoms with Crippen LogP contribution < -0.4 is 0 Å². The largest absolute Gasteiger partial charge is 0.748 e. The molecule has 110 valence electrons. The van der Waals surface area contributed by atoms with Crippen molar-refractivity contribution in [3.05, 3.63) is 65.7 Å². The van der Waals surface area contributed by atoms with Crippen molar-refractivity contribution in [2.24, 2.45) is 0 Å². The zero-order valence-corrected chi connectivity index (χ0v) is 13.1. The maximum Gasteiger partial charge on any atom is 0 e. The van der Waals surface area contributed by atoms with E-state index in [1.807, 2.05) is 30.3 Å². The Morgan fingerprint density at radius 1 is 1.00 bits per heavy atom. The first kappa shape index (κ1) is 18.0. The molecule has 0 bridgehead atoms. The zero-order valence-electron chi connectivity index (χ0n) is 12.0. The minimum Gasteiger partial charge on any atom is -0.748 e. The van der Waals surface area contributed by atoms with Gasteiger partial charge in [-0.25, -0.2) is 0 Å². The number of rotatable bonds is 5. The number of hydrogen-bond acceptors (Lipinski definition) is 0. The quantitative estimate of drug-likeness (QED) is 0.483. The first-order valence-corrected chi connectivity index (χ1v) is 6.94. The molecule has 2 rings (SSSR count). The summed E-state index contributed by atoms with van der Waals surface area (Å²) in [6.45, 7) is 4.49. The molecule has 0 fully saturated rings. The Morgan fingerprint density at radius 3 is 1.95 bits per heavy atom. The third-order valence-corrected chi connectivity index (χ3v) is 2.92. The van der Waals surface area contributed by atoms with Crippen molar-refractivity contribution >= 4 is 6.08 Å².